The first-order valence-electron chi connectivity index (χ1n) is 6.79. The van der Waals surface area contributed by atoms with E-state index in [2.05, 4.69) is 10.2 Å². The fraction of sp³-hybridized carbons (Fsp3) is 0. The highest BCUT2D eigenvalue weighted by molar-refractivity contribution is 6.34. The van der Waals surface area contributed by atoms with E-state index < -0.39 is 17.6 Å². The van der Waals surface area contributed by atoms with E-state index in [1.165, 1.54) is 30.9 Å². The predicted molar refractivity (Wildman–Crippen MR) is 78.9 cm³/mol. The second kappa shape index (κ2) is 4.84. The Kier molecular flexibility index (Phi) is 2.80. The summed E-state index contributed by atoms with van der Waals surface area (Å²) >= 11 is 0. The molecule has 0 bridgehead atoms. The topological polar surface area (TPSA) is 68.1 Å². The van der Waals surface area contributed by atoms with E-state index >= 15 is 0 Å². The van der Waals surface area contributed by atoms with E-state index in [-0.39, 0.29) is 16.8 Å². The Morgan fingerprint density at radius 1 is 0.870 bits per heavy atom. The third-order valence-electron chi connectivity index (χ3n) is 3.68. The summed E-state index contributed by atoms with van der Waals surface area (Å²) in [5.41, 5.74) is 0.989. The normalized spacial score (nSPS) is 13.5. The van der Waals surface area contributed by atoms with Crippen molar-refractivity contribution in [3.63, 3.8) is 0 Å². The van der Waals surface area contributed by atoms with Gasteiger partial charge in [-0.3, -0.25) is 14.2 Å². The summed E-state index contributed by atoms with van der Waals surface area (Å²) < 4.78 is 15.8. The number of carbonyl (C=O) groups is 2. The Labute approximate surface area is 129 Å². The van der Waals surface area contributed by atoms with Crippen LogP contribution in [0.3, 0.4) is 0 Å². The van der Waals surface area contributed by atoms with Gasteiger partial charge in [-0.2, -0.15) is 0 Å². The molecule has 112 valence electrons. The van der Waals surface area contributed by atoms with Gasteiger partial charge in [-0.1, -0.05) is 12.1 Å². The highest BCUT2D eigenvalue weighted by Gasteiger charge is 2.37. The number of hydrogen-bond acceptors (Lipinski definition) is 4. The summed E-state index contributed by atoms with van der Waals surface area (Å²) in [5.74, 6) is -1.73. The van der Waals surface area contributed by atoms with Gasteiger partial charge in [-0.15, -0.1) is 10.2 Å². The second-order valence-corrected chi connectivity index (χ2v) is 5.00. The molecule has 4 rings (SSSR count). The average molecular weight is 308 g/mol. The molecule has 0 atom stereocenters. The average Bonchev–Trinajstić information content (AvgIpc) is 3.18. The maximum atomic E-state index is 14.2. The quantitative estimate of drug-likeness (QED) is 0.681. The van der Waals surface area contributed by atoms with Crippen molar-refractivity contribution in [2.45, 2.75) is 0 Å². The van der Waals surface area contributed by atoms with Gasteiger partial charge in [0.15, 0.2) is 0 Å². The van der Waals surface area contributed by atoms with Crippen molar-refractivity contribution in [3.05, 3.63) is 72.1 Å². The molecule has 0 saturated heterocycles. The molecule has 6 nitrogen and oxygen atoms in total. The standard InChI is InChI=1S/C16H9FN4O2/c17-13-6-5-10(20-8-18-19-9-20)7-14(13)21-15(22)11-3-1-2-4-12(11)16(21)23/h1-9H. The van der Waals surface area contributed by atoms with Crippen LogP contribution in [-0.4, -0.2) is 26.6 Å². The van der Waals surface area contributed by atoms with Crippen LogP contribution in [0, 0.1) is 5.82 Å². The number of amides is 2. The molecule has 2 heterocycles. The van der Waals surface area contributed by atoms with Gasteiger partial charge < -0.3 is 0 Å². The number of hydrogen-bond donors (Lipinski definition) is 0. The lowest BCUT2D eigenvalue weighted by Crippen LogP contribution is -2.30. The molecular weight excluding hydrogens is 299 g/mol. The molecule has 0 spiro atoms. The minimum absolute atomic E-state index is 0.0950. The summed E-state index contributed by atoms with van der Waals surface area (Å²) in [6.45, 7) is 0. The van der Waals surface area contributed by atoms with Gasteiger partial charge in [-0.05, 0) is 30.3 Å². The van der Waals surface area contributed by atoms with Crippen LogP contribution in [0.2, 0.25) is 0 Å². The zero-order valence-corrected chi connectivity index (χ0v) is 11.7. The Balaban J connectivity index is 1.84. The Bertz CT molecular complexity index is 902. The SMILES string of the molecule is O=C1c2ccccc2C(=O)N1c1cc(-n2cnnc2)ccc1F. The molecule has 1 aliphatic rings. The van der Waals surface area contributed by atoms with Crippen LogP contribution in [-0.2, 0) is 0 Å². The van der Waals surface area contributed by atoms with Crippen molar-refractivity contribution in [1.29, 1.82) is 0 Å². The first-order chi connectivity index (χ1) is 11.2. The number of aromatic nitrogens is 3. The molecule has 0 aliphatic carbocycles. The smallest absolute Gasteiger partial charge is 0.266 e. The molecule has 1 aliphatic heterocycles. The van der Waals surface area contributed by atoms with E-state index in [1.54, 1.807) is 28.8 Å². The predicted octanol–water partition coefficient (Wildman–Crippen LogP) is 2.21. The monoisotopic (exact) mass is 308 g/mol. The maximum absolute atomic E-state index is 14.2. The molecule has 0 radical (unpaired) electrons. The Morgan fingerprint density at radius 3 is 2.09 bits per heavy atom. The van der Waals surface area contributed by atoms with Crippen molar-refractivity contribution < 1.29 is 14.0 Å². The number of fused-ring (bicyclic) bond motifs is 1. The molecule has 7 heteroatoms. The first kappa shape index (κ1) is 13.3. The van der Waals surface area contributed by atoms with Crippen LogP contribution >= 0.6 is 0 Å². The Hall–Kier alpha value is -3.35. The van der Waals surface area contributed by atoms with Crippen molar-refractivity contribution >= 4 is 17.5 Å². The zero-order chi connectivity index (χ0) is 16.0. The van der Waals surface area contributed by atoms with Gasteiger partial charge in [-0.25, -0.2) is 9.29 Å². The van der Waals surface area contributed by atoms with Crippen LogP contribution in [0.25, 0.3) is 5.69 Å². The molecule has 0 N–H and O–H groups in total. The fourth-order valence-corrected chi connectivity index (χ4v) is 2.58. The van der Waals surface area contributed by atoms with Crippen LogP contribution in [0.1, 0.15) is 20.7 Å². The number of nitrogens with zero attached hydrogens (tertiary/aromatic N) is 4. The third-order valence-corrected chi connectivity index (χ3v) is 3.68. The molecule has 1 aromatic heterocycles. The lowest BCUT2D eigenvalue weighted by Gasteiger charge is -2.16. The van der Waals surface area contributed by atoms with Crippen molar-refractivity contribution in [2.24, 2.45) is 0 Å². The summed E-state index contributed by atoms with van der Waals surface area (Å²) in [4.78, 5) is 25.8. The lowest BCUT2D eigenvalue weighted by molar-refractivity contribution is 0.0925. The van der Waals surface area contributed by atoms with Gasteiger partial charge in [0.1, 0.15) is 18.5 Å². The second-order valence-electron chi connectivity index (χ2n) is 5.00. The summed E-state index contributed by atoms with van der Waals surface area (Å²) in [5, 5.41) is 7.36. The molecule has 2 aromatic carbocycles. The van der Waals surface area contributed by atoms with Crippen LogP contribution in [0.4, 0.5) is 10.1 Å². The van der Waals surface area contributed by atoms with Crippen molar-refractivity contribution in [2.75, 3.05) is 4.90 Å². The molecular formula is C16H9FN4O2. The molecule has 0 fully saturated rings. The van der Waals surface area contributed by atoms with Crippen LogP contribution < -0.4 is 4.90 Å². The first-order valence-corrected chi connectivity index (χ1v) is 6.79. The van der Waals surface area contributed by atoms with Crippen molar-refractivity contribution in [1.82, 2.24) is 14.8 Å². The van der Waals surface area contributed by atoms with E-state index in [0.717, 1.165) is 4.90 Å². The van der Waals surface area contributed by atoms with Crippen LogP contribution in [0.5, 0.6) is 0 Å². The number of halogens is 1. The van der Waals surface area contributed by atoms with Gasteiger partial charge >= 0.3 is 0 Å². The largest absolute Gasteiger partial charge is 0.288 e. The number of imide groups is 1. The number of carbonyl (C=O) groups excluding carboxylic acids is 2. The maximum Gasteiger partial charge on any atom is 0.266 e. The van der Waals surface area contributed by atoms with E-state index in [4.69, 9.17) is 0 Å². The fourth-order valence-electron chi connectivity index (χ4n) is 2.58. The number of benzene rings is 2. The molecule has 0 saturated carbocycles. The van der Waals surface area contributed by atoms with E-state index in [1.807, 2.05) is 0 Å². The summed E-state index contributed by atoms with van der Waals surface area (Å²) in [6.07, 6.45) is 2.89. The minimum Gasteiger partial charge on any atom is -0.288 e. The Morgan fingerprint density at radius 2 is 1.48 bits per heavy atom. The van der Waals surface area contributed by atoms with Gasteiger partial charge in [0.2, 0.25) is 0 Å². The highest BCUT2D eigenvalue weighted by Crippen LogP contribution is 2.31. The summed E-state index contributed by atoms with van der Waals surface area (Å²) in [6, 6.07) is 10.6. The molecule has 2 amide bonds. The van der Waals surface area contributed by atoms with Gasteiger partial charge in [0, 0.05) is 0 Å². The van der Waals surface area contributed by atoms with Gasteiger partial charge in [0.05, 0.1) is 22.5 Å². The number of rotatable bonds is 2. The van der Waals surface area contributed by atoms with Crippen LogP contribution in [0.15, 0.2) is 55.1 Å². The zero-order valence-electron chi connectivity index (χ0n) is 11.7. The number of anilines is 1. The molecule has 3 aromatic rings. The lowest BCUT2D eigenvalue weighted by atomic mass is 10.1. The molecule has 23 heavy (non-hydrogen) atoms. The third kappa shape index (κ3) is 1.94. The highest BCUT2D eigenvalue weighted by atomic mass is 19.1. The molecule has 0 unspecified atom stereocenters. The van der Waals surface area contributed by atoms with Gasteiger partial charge in [0.25, 0.3) is 11.8 Å². The minimum atomic E-state index is -0.656. The summed E-state index contributed by atoms with van der Waals surface area (Å²) in [7, 11) is 0. The van der Waals surface area contributed by atoms with Crippen molar-refractivity contribution in [3.8, 4) is 5.69 Å². The van der Waals surface area contributed by atoms with E-state index in [9.17, 15) is 14.0 Å². The van der Waals surface area contributed by atoms with E-state index in [0.29, 0.717) is 5.69 Å².